The van der Waals surface area contributed by atoms with Gasteiger partial charge in [0.25, 0.3) is 5.91 Å². The largest absolute Gasteiger partial charge is 0.459 e. The number of nitrogens with zero attached hydrogens (tertiary/aromatic N) is 3. The highest BCUT2D eigenvalue weighted by atomic mass is 32.2. The van der Waals surface area contributed by atoms with E-state index in [2.05, 4.69) is 10.2 Å². The lowest BCUT2D eigenvalue weighted by molar-refractivity contribution is -0.116. The number of carbonyl (C=O) groups excluding carboxylic acids is 2. The van der Waals surface area contributed by atoms with Crippen molar-refractivity contribution in [3.8, 4) is 0 Å². The van der Waals surface area contributed by atoms with Gasteiger partial charge in [0, 0.05) is 33.2 Å². The smallest absolute Gasteiger partial charge is 0.289 e. The molecular weight excluding hydrogens is 444 g/mol. The third-order valence-electron chi connectivity index (χ3n) is 5.74. The van der Waals surface area contributed by atoms with Crippen LogP contribution in [0.15, 0.2) is 45.9 Å². The summed E-state index contributed by atoms with van der Waals surface area (Å²) in [7, 11) is -2.18. The van der Waals surface area contributed by atoms with Crippen molar-refractivity contribution in [3.63, 3.8) is 0 Å². The molecule has 3 rings (SSSR count). The normalized spacial score (nSPS) is 14.4. The summed E-state index contributed by atoms with van der Waals surface area (Å²) in [4.78, 5) is 28.8. The molecule has 10 heteroatoms. The maximum absolute atomic E-state index is 13.1. The molecule has 9 nitrogen and oxygen atoms in total. The molecule has 0 bridgehead atoms. The Labute approximate surface area is 195 Å². The van der Waals surface area contributed by atoms with Crippen molar-refractivity contribution >= 4 is 33.2 Å². The number of anilines is 2. The molecule has 1 aliphatic rings. The summed E-state index contributed by atoms with van der Waals surface area (Å²) in [6.45, 7) is 5.76. The van der Waals surface area contributed by atoms with Gasteiger partial charge >= 0.3 is 0 Å². The van der Waals surface area contributed by atoms with Crippen molar-refractivity contribution in [1.29, 1.82) is 0 Å². The number of likely N-dealkylation sites (N-methyl/N-ethyl adjacent to an activating group) is 1. The van der Waals surface area contributed by atoms with Crippen molar-refractivity contribution in [2.24, 2.45) is 0 Å². The topological polar surface area (TPSA) is 103 Å². The number of hydrogen-bond acceptors (Lipinski definition) is 6. The molecule has 0 atom stereocenters. The van der Waals surface area contributed by atoms with Gasteiger partial charge in [0.2, 0.25) is 15.9 Å². The molecule has 1 aliphatic heterocycles. The van der Waals surface area contributed by atoms with E-state index < -0.39 is 21.8 Å². The van der Waals surface area contributed by atoms with Crippen molar-refractivity contribution in [3.05, 3.63) is 42.4 Å². The molecule has 1 fully saturated rings. The van der Waals surface area contributed by atoms with Crippen LogP contribution < -0.4 is 10.2 Å². The van der Waals surface area contributed by atoms with E-state index in [4.69, 9.17) is 4.42 Å². The van der Waals surface area contributed by atoms with Gasteiger partial charge < -0.3 is 19.5 Å². The Morgan fingerprint density at radius 3 is 2.39 bits per heavy atom. The van der Waals surface area contributed by atoms with Gasteiger partial charge in [-0.25, -0.2) is 8.42 Å². The molecule has 0 saturated carbocycles. The standard InChI is InChI=1S/C23H32N4O5S/c1-4-27(5-2)33(30,31)18-11-12-20(26-13-7-6-8-14-26)19(16-18)24-22(28)17-25(3)23(29)21-10-9-15-32-21/h9-12,15-16H,4-8,13-14,17H2,1-3H3,(H,24,28). The van der Waals surface area contributed by atoms with Gasteiger partial charge in [-0.1, -0.05) is 13.8 Å². The van der Waals surface area contributed by atoms with Crippen LogP contribution in [0.2, 0.25) is 0 Å². The molecule has 2 aromatic rings. The van der Waals surface area contributed by atoms with E-state index in [0.29, 0.717) is 18.8 Å². The molecule has 1 N–H and O–H groups in total. The van der Waals surface area contributed by atoms with Gasteiger partial charge in [-0.15, -0.1) is 0 Å². The maximum atomic E-state index is 13.1. The van der Waals surface area contributed by atoms with Gasteiger partial charge in [-0.3, -0.25) is 9.59 Å². The minimum atomic E-state index is -3.69. The quantitative estimate of drug-likeness (QED) is 0.597. The van der Waals surface area contributed by atoms with Crippen LogP contribution in [0.5, 0.6) is 0 Å². The zero-order valence-electron chi connectivity index (χ0n) is 19.4. The molecule has 2 amide bonds. The van der Waals surface area contributed by atoms with E-state index in [-0.39, 0.29) is 17.2 Å². The molecule has 33 heavy (non-hydrogen) atoms. The Balaban J connectivity index is 1.86. The number of rotatable bonds is 9. The minimum absolute atomic E-state index is 0.127. The molecule has 1 saturated heterocycles. The molecule has 180 valence electrons. The number of sulfonamides is 1. The Kier molecular flexibility index (Phi) is 8.15. The van der Waals surface area contributed by atoms with E-state index in [1.165, 1.54) is 34.6 Å². The fraction of sp³-hybridized carbons (Fsp3) is 0.478. The Morgan fingerprint density at radius 1 is 1.09 bits per heavy atom. The monoisotopic (exact) mass is 476 g/mol. The first-order valence-corrected chi connectivity index (χ1v) is 12.7. The first kappa shape index (κ1) is 24.8. The second-order valence-corrected chi connectivity index (χ2v) is 9.94. The Morgan fingerprint density at radius 2 is 1.79 bits per heavy atom. The molecule has 0 unspecified atom stereocenters. The van der Waals surface area contributed by atoms with Crippen molar-refractivity contribution in [1.82, 2.24) is 9.21 Å². The lowest BCUT2D eigenvalue weighted by Crippen LogP contribution is -2.36. The first-order chi connectivity index (χ1) is 15.8. The summed E-state index contributed by atoms with van der Waals surface area (Å²) in [5, 5.41) is 2.84. The number of hydrogen-bond donors (Lipinski definition) is 1. The van der Waals surface area contributed by atoms with Crippen molar-refractivity contribution in [2.75, 3.05) is 50.0 Å². The predicted molar refractivity (Wildman–Crippen MR) is 127 cm³/mol. The van der Waals surface area contributed by atoms with Crippen LogP contribution in [0.4, 0.5) is 11.4 Å². The highest BCUT2D eigenvalue weighted by molar-refractivity contribution is 7.89. The highest BCUT2D eigenvalue weighted by Crippen LogP contribution is 2.32. The Bertz CT molecular complexity index is 1060. The number of carbonyl (C=O) groups is 2. The average molecular weight is 477 g/mol. The fourth-order valence-corrected chi connectivity index (χ4v) is 5.45. The van der Waals surface area contributed by atoms with Gasteiger partial charge in [0.15, 0.2) is 5.76 Å². The van der Waals surface area contributed by atoms with Crippen LogP contribution >= 0.6 is 0 Å². The lowest BCUT2D eigenvalue weighted by Gasteiger charge is -2.31. The molecule has 0 radical (unpaired) electrons. The van der Waals surface area contributed by atoms with Crippen molar-refractivity contribution in [2.45, 2.75) is 38.0 Å². The maximum Gasteiger partial charge on any atom is 0.289 e. The Hall–Kier alpha value is -2.85. The van der Waals surface area contributed by atoms with Crippen LogP contribution in [0.1, 0.15) is 43.7 Å². The van der Waals surface area contributed by atoms with Gasteiger partial charge in [-0.2, -0.15) is 4.31 Å². The minimum Gasteiger partial charge on any atom is -0.459 e. The van der Waals surface area contributed by atoms with Crippen LogP contribution in [-0.2, 0) is 14.8 Å². The summed E-state index contributed by atoms with van der Waals surface area (Å²) in [5.41, 5.74) is 1.20. The van der Waals surface area contributed by atoms with Gasteiger partial charge in [0.05, 0.1) is 29.1 Å². The third-order valence-corrected chi connectivity index (χ3v) is 7.79. The average Bonchev–Trinajstić information content (AvgIpc) is 3.34. The SMILES string of the molecule is CCN(CC)S(=O)(=O)c1ccc(N2CCCCC2)c(NC(=O)CN(C)C(=O)c2ccco2)c1. The second-order valence-electron chi connectivity index (χ2n) is 8.00. The number of piperidine rings is 1. The van der Waals surface area contributed by atoms with Gasteiger partial charge in [0.1, 0.15) is 0 Å². The third kappa shape index (κ3) is 5.75. The van der Waals surface area contributed by atoms with E-state index in [0.717, 1.165) is 38.0 Å². The highest BCUT2D eigenvalue weighted by Gasteiger charge is 2.25. The summed E-state index contributed by atoms with van der Waals surface area (Å²) in [5.74, 6) is -0.691. The summed E-state index contributed by atoms with van der Waals surface area (Å²) < 4.78 is 32.6. The molecule has 1 aromatic heterocycles. The summed E-state index contributed by atoms with van der Waals surface area (Å²) in [6.07, 6.45) is 4.61. The fourth-order valence-electron chi connectivity index (χ4n) is 3.96. The number of furan rings is 1. The zero-order valence-corrected chi connectivity index (χ0v) is 20.2. The molecular formula is C23H32N4O5S. The molecule has 0 spiro atoms. The molecule has 2 heterocycles. The van der Waals surface area contributed by atoms with Crippen LogP contribution in [0, 0.1) is 0 Å². The van der Waals surface area contributed by atoms with Gasteiger partial charge in [-0.05, 0) is 49.6 Å². The summed E-state index contributed by atoms with van der Waals surface area (Å²) in [6, 6.07) is 8.01. The van der Waals surface area contributed by atoms with Crippen LogP contribution in [0.3, 0.4) is 0 Å². The van der Waals surface area contributed by atoms with Crippen LogP contribution in [-0.4, -0.2) is 69.2 Å². The number of benzene rings is 1. The lowest BCUT2D eigenvalue weighted by atomic mass is 10.1. The van der Waals surface area contributed by atoms with E-state index in [9.17, 15) is 18.0 Å². The second kappa shape index (κ2) is 10.8. The van der Waals surface area contributed by atoms with E-state index in [1.54, 1.807) is 32.0 Å². The van der Waals surface area contributed by atoms with E-state index in [1.807, 2.05) is 0 Å². The number of nitrogens with one attached hydrogen (secondary N) is 1. The van der Waals surface area contributed by atoms with E-state index >= 15 is 0 Å². The predicted octanol–water partition coefficient (Wildman–Crippen LogP) is 3.01. The molecule has 0 aliphatic carbocycles. The molecule has 1 aromatic carbocycles. The first-order valence-electron chi connectivity index (χ1n) is 11.3. The van der Waals surface area contributed by atoms with Crippen LogP contribution in [0.25, 0.3) is 0 Å². The zero-order chi connectivity index (χ0) is 24.0. The summed E-state index contributed by atoms with van der Waals surface area (Å²) >= 11 is 0. The number of amides is 2. The van der Waals surface area contributed by atoms with Crippen molar-refractivity contribution < 1.29 is 22.4 Å².